The summed E-state index contributed by atoms with van der Waals surface area (Å²) in [5.41, 5.74) is 0.639. The molecule has 2 aromatic rings. The van der Waals surface area contributed by atoms with Crippen molar-refractivity contribution in [2.24, 2.45) is 7.05 Å². The van der Waals surface area contributed by atoms with E-state index < -0.39 is 5.91 Å². The topological polar surface area (TPSA) is 81.8 Å². The molecule has 0 spiro atoms. The van der Waals surface area contributed by atoms with Crippen LogP contribution in [0.5, 0.6) is 0 Å². The normalized spacial score (nSPS) is 12.2. The summed E-state index contributed by atoms with van der Waals surface area (Å²) in [6.07, 6.45) is 3.00. The highest BCUT2D eigenvalue weighted by Crippen LogP contribution is 2.09. The van der Waals surface area contributed by atoms with Crippen molar-refractivity contribution in [2.45, 2.75) is 33.4 Å². The maximum absolute atomic E-state index is 12.3. The molecule has 21 heavy (non-hydrogen) atoms. The van der Waals surface area contributed by atoms with Crippen molar-refractivity contribution in [3.8, 4) is 0 Å². The number of hydrogen-bond donors (Lipinski definition) is 1. The number of nitrogens with one attached hydrogen (secondary N) is 1. The Hall–Kier alpha value is -2.44. The molecule has 0 fully saturated rings. The number of carbonyl (C=O) groups is 1. The summed E-state index contributed by atoms with van der Waals surface area (Å²) in [6.45, 7) is 6.24. The van der Waals surface area contributed by atoms with E-state index in [1.54, 1.807) is 22.5 Å². The van der Waals surface area contributed by atoms with Gasteiger partial charge in [0, 0.05) is 31.5 Å². The molecule has 2 heterocycles. The summed E-state index contributed by atoms with van der Waals surface area (Å²) in [5.74, 6) is 0.253. The minimum Gasteiger partial charge on any atom is -0.354 e. The highest BCUT2D eigenvalue weighted by Gasteiger charge is 2.18. The third kappa shape index (κ3) is 3.01. The molecule has 0 bridgehead atoms. The average Bonchev–Trinajstić information content (AvgIpc) is 2.91. The van der Waals surface area contributed by atoms with Crippen LogP contribution in [0.25, 0.3) is 0 Å². The second kappa shape index (κ2) is 5.90. The molecule has 0 aromatic carbocycles. The molecule has 0 radical (unpaired) electrons. The van der Waals surface area contributed by atoms with Gasteiger partial charge in [0.05, 0.1) is 6.04 Å². The predicted molar refractivity (Wildman–Crippen MR) is 78.0 cm³/mol. The lowest BCUT2D eigenvalue weighted by molar-refractivity contribution is 0.0935. The zero-order valence-corrected chi connectivity index (χ0v) is 12.6. The Morgan fingerprint density at radius 2 is 2.19 bits per heavy atom. The molecule has 0 saturated carbocycles. The van der Waals surface area contributed by atoms with E-state index in [0.29, 0.717) is 12.4 Å². The minimum absolute atomic E-state index is 0.123. The minimum atomic E-state index is -0.409. The van der Waals surface area contributed by atoms with Crippen LogP contribution in [0, 0.1) is 6.92 Å². The van der Waals surface area contributed by atoms with Crippen LogP contribution in [0.3, 0.4) is 0 Å². The number of carbonyl (C=O) groups excluding carboxylic acids is 1. The smallest absolute Gasteiger partial charge is 0.257 e. The van der Waals surface area contributed by atoms with Crippen LogP contribution in [0.2, 0.25) is 0 Å². The number of rotatable bonds is 4. The lowest BCUT2D eigenvalue weighted by Crippen LogP contribution is -2.32. The molecule has 0 aliphatic heterocycles. The largest absolute Gasteiger partial charge is 0.354 e. The standard InChI is InChI=1S/C14H19N5O2/c1-5-19-13(15-8-16-19)10(3)17-14(21)11-7-18(4)9(2)6-12(11)20/h6-8,10H,5H2,1-4H3,(H,17,21). The van der Waals surface area contributed by atoms with E-state index >= 15 is 0 Å². The summed E-state index contributed by atoms with van der Waals surface area (Å²) in [6, 6.07) is 1.12. The molecule has 1 unspecified atom stereocenters. The van der Waals surface area contributed by atoms with E-state index in [-0.39, 0.29) is 17.0 Å². The summed E-state index contributed by atoms with van der Waals surface area (Å²) in [7, 11) is 1.79. The molecule has 1 amide bonds. The fourth-order valence-corrected chi connectivity index (χ4v) is 2.09. The van der Waals surface area contributed by atoms with Crippen LogP contribution >= 0.6 is 0 Å². The maximum atomic E-state index is 12.3. The molecule has 0 aliphatic rings. The van der Waals surface area contributed by atoms with Gasteiger partial charge in [0.25, 0.3) is 5.91 Å². The zero-order valence-electron chi connectivity index (χ0n) is 12.6. The van der Waals surface area contributed by atoms with Crippen molar-refractivity contribution in [2.75, 3.05) is 0 Å². The first kappa shape index (κ1) is 15.0. The van der Waals surface area contributed by atoms with Gasteiger partial charge in [-0.25, -0.2) is 9.67 Å². The quantitative estimate of drug-likeness (QED) is 0.902. The van der Waals surface area contributed by atoms with Crippen molar-refractivity contribution in [3.05, 3.63) is 45.9 Å². The summed E-state index contributed by atoms with van der Waals surface area (Å²) < 4.78 is 3.45. The van der Waals surface area contributed by atoms with E-state index in [0.717, 1.165) is 5.69 Å². The SMILES string of the molecule is CCn1ncnc1C(C)NC(=O)c1cn(C)c(C)cc1=O. The summed E-state index contributed by atoms with van der Waals surface area (Å²) in [4.78, 5) is 28.3. The lowest BCUT2D eigenvalue weighted by Gasteiger charge is -2.14. The van der Waals surface area contributed by atoms with Gasteiger partial charge in [-0.15, -0.1) is 0 Å². The Morgan fingerprint density at radius 3 is 2.86 bits per heavy atom. The number of pyridine rings is 1. The van der Waals surface area contributed by atoms with Crippen LogP contribution in [0.15, 0.2) is 23.4 Å². The molecular weight excluding hydrogens is 270 g/mol. The molecule has 2 aromatic heterocycles. The lowest BCUT2D eigenvalue weighted by atomic mass is 10.2. The van der Waals surface area contributed by atoms with Crippen LogP contribution in [0.1, 0.15) is 41.8 Å². The fourth-order valence-electron chi connectivity index (χ4n) is 2.09. The third-order valence-corrected chi connectivity index (χ3v) is 3.41. The van der Waals surface area contributed by atoms with Gasteiger partial charge in [-0.3, -0.25) is 9.59 Å². The Balaban J connectivity index is 2.22. The molecule has 1 atom stereocenters. The molecule has 112 valence electrons. The van der Waals surface area contributed by atoms with Crippen LogP contribution in [-0.4, -0.2) is 25.2 Å². The van der Waals surface area contributed by atoms with Crippen LogP contribution in [-0.2, 0) is 13.6 Å². The Labute approximate surface area is 122 Å². The van der Waals surface area contributed by atoms with Crippen molar-refractivity contribution in [1.82, 2.24) is 24.6 Å². The van der Waals surface area contributed by atoms with Gasteiger partial charge < -0.3 is 9.88 Å². The summed E-state index contributed by atoms with van der Waals surface area (Å²) in [5, 5.41) is 6.85. The highest BCUT2D eigenvalue weighted by atomic mass is 16.2. The van der Waals surface area contributed by atoms with E-state index in [1.807, 2.05) is 20.8 Å². The van der Waals surface area contributed by atoms with Crippen LogP contribution in [0.4, 0.5) is 0 Å². The number of amides is 1. The van der Waals surface area contributed by atoms with Gasteiger partial charge in [-0.05, 0) is 20.8 Å². The number of aromatic nitrogens is 4. The van der Waals surface area contributed by atoms with Gasteiger partial charge in [-0.2, -0.15) is 5.10 Å². The second-order valence-electron chi connectivity index (χ2n) is 4.93. The van der Waals surface area contributed by atoms with Crippen molar-refractivity contribution in [3.63, 3.8) is 0 Å². The van der Waals surface area contributed by atoms with Crippen molar-refractivity contribution in [1.29, 1.82) is 0 Å². The molecule has 0 saturated heterocycles. The molecule has 7 nitrogen and oxygen atoms in total. The first-order valence-electron chi connectivity index (χ1n) is 6.79. The van der Waals surface area contributed by atoms with Gasteiger partial charge in [0.15, 0.2) is 5.43 Å². The maximum Gasteiger partial charge on any atom is 0.257 e. The van der Waals surface area contributed by atoms with E-state index in [4.69, 9.17) is 0 Å². The average molecular weight is 289 g/mol. The van der Waals surface area contributed by atoms with Crippen molar-refractivity contribution < 1.29 is 4.79 Å². The number of aryl methyl sites for hydroxylation is 3. The van der Waals surface area contributed by atoms with Crippen molar-refractivity contribution >= 4 is 5.91 Å². The Bertz CT molecular complexity index is 716. The summed E-state index contributed by atoms with van der Waals surface area (Å²) >= 11 is 0. The van der Waals surface area contributed by atoms with Gasteiger partial charge in [0.2, 0.25) is 0 Å². The van der Waals surface area contributed by atoms with E-state index in [2.05, 4.69) is 15.4 Å². The second-order valence-corrected chi connectivity index (χ2v) is 4.93. The molecule has 0 aliphatic carbocycles. The monoisotopic (exact) mass is 289 g/mol. The molecule has 2 rings (SSSR count). The first-order valence-corrected chi connectivity index (χ1v) is 6.79. The zero-order chi connectivity index (χ0) is 15.6. The Morgan fingerprint density at radius 1 is 1.48 bits per heavy atom. The molecule has 7 heteroatoms. The van der Waals surface area contributed by atoms with Gasteiger partial charge in [-0.1, -0.05) is 0 Å². The Kier molecular flexibility index (Phi) is 4.21. The van der Waals surface area contributed by atoms with E-state index in [9.17, 15) is 9.59 Å². The fraction of sp³-hybridized carbons (Fsp3) is 0.429. The number of nitrogens with zero attached hydrogens (tertiary/aromatic N) is 4. The van der Waals surface area contributed by atoms with Gasteiger partial charge in [0.1, 0.15) is 17.7 Å². The highest BCUT2D eigenvalue weighted by molar-refractivity contribution is 5.94. The molecule has 1 N–H and O–H groups in total. The first-order chi connectivity index (χ1) is 9.93. The van der Waals surface area contributed by atoms with Crippen LogP contribution < -0.4 is 10.7 Å². The van der Waals surface area contributed by atoms with Gasteiger partial charge >= 0.3 is 0 Å². The van der Waals surface area contributed by atoms with E-state index in [1.165, 1.54) is 12.4 Å². The third-order valence-electron chi connectivity index (χ3n) is 3.41. The molecular formula is C14H19N5O2. The number of hydrogen-bond acceptors (Lipinski definition) is 4. The predicted octanol–water partition coefficient (Wildman–Crippen LogP) is 0.796.